The monoisotopic (exact) mass is 870 g/mol. The third kappa shape index (κ3) is 11.0. The first-order valence-electron chi connectivity index (χ1n) is 17.1. The standard InChI is InChI=1S/C38H57N4S2.3BrH/c1-8-41(9-2,10-3)30-18-28-39-33-20-14-16-22-35(33)43-37(39)26-24-32(7)25-27-38-40(34-21-15-17-23-36(34)44-38)29-19-31-42(11-4,12-5)13-6;;;/h14-17,20-27H,8-13,18-19,28-31H2,1-7H3;3*1H/q+3;;;/p-3. The normalized spacial score (nSPS) is 14.3. The highest BCUT2D eigenvalue weighted by Gasteiger charge is 2.27. The second-order valence-electron chi connectivity index (χ2n) is 12.3. The minimum absolute atomic E-state index is 0. The summed E-state index contributed by atoms with van der Waals surface area (Å²) in [5, 5.41) is 2.67. The highest BCUT2D eigenvalue weighted by atomic mass is 79.9. The Morgan fingerprint density at radius 2 is 1.34 bits per heavy atom. The largest absolute Gasteiger partial charge is 1.00 e. The van der Waals surface area contributed by atoms with Crippen LogP contribution in [0.15, 0.2) is 82.3 Å². The van der Waals surface area contributed by atoms with E-state index in [0.717, 1.165) is 13.1 Å². The van der Waals surface area contributed by atoms with Gasteiger partial charge in [0, 0.05) is 30.0 Å². The van der Waals surface area contributed by atoms with Crippen molar-refractivity contribution in [2.24, 2.45) is 0 Å². The Bertz CT molecular complexity index is 1440. The Morgan fingerprint density at radius 1 is 0.766 bits per heavy atom. The van der Waals surface area contributed by atoms with Crippen LogP contribution in [0.2, 0.25) is 0 Å². The van der Waals surface area contributed by atoms with E-state index < -0.39 is 0 Å². The molecule has 4 nitrogen and oxygen atoms in total. The number of hydrogen-bond donors (Lipinski definition) is 0. The van der Waals surface area contributed by atoms with Crippen LogP contribution in [0.5, 0.6) is 0 Å². The molecule has 1 aliphatic rings. The summed E-state index contributed by atoms with van der Waals surface area (Å²) in [6.07, 6.45) is 11.7. The first-order chi connectivity index (χ1) is 21.4. The molecule has 0 amide bonds. The molecule has 0 radical (unpaired) electrons. The molecule has 0 unspecified atom stereocenters. The zero-order valence-corrected chi connectivity index (χ0v) is 36.0. The van der Waals surface area contributed by atoms with Gasteiger partial charge < -0.3 is 64.8 Å². The number of thiazole rings is 1. The van der Waals surface area contributed by atoms with Gasteiger partial charge in [-0.2, -0.15) is 4.57 Å². The van der Waals surface area contributed by atoms with Crippen LogP contribution in [0.3, 0.4) is 0 Å². The molecule has 4 rings (SSSR count). The number of quaternary nitrogens is 2. The van der Waals surface area contributed by atoms with Gasteiger partial charge in [-0.3, -0.25) is 0 Å². The zero-order valence-electron chi connectivity index (χ0n) is 29.7. The van der Waals surface area contributed by atoms with Gasteiger partial charge in [0.05, 0.1) is 69.5 Å². The number of rotatable bonds is 17. The maximum Gasteiger partial charge on any atom is 0.262 e. The number of anilines is 1. The van der Waals surface area contributed by atoms with E-state index in [1.165, 1.54) is 111 Å². The average Bonchev–Trinajstić information content (AvgIpc) is 3.61. The Hall–Kier alpha value is -0.940. The summed E-state index contributed by atoms with van der Waals surface area (Å²) < 4.78 is 6.33. The lowest BCUT2D eigenvalue weighted by atomic mass is 10.2. The Kier molecular flexibility index (Phi) is 20.0. The van der Waals surface area contributed by atoms with Gasteiger partial charge in [0.2, 0.25) is 5.52 Å². The van der Waals surface area contributed by atoms with E-state index >= 15 is 0 Å². The molecule has 47 heavy (non-hydrogen) atoms. The summed E-state index contributed by atoms with van der Waals surface area (Å²) in [6.45, 7) is 28.2. The van der Waals surface area contributed by atoms with E-state index in [1.807, 2.05) is 23.1 Å². The Morgan fingerprint density at radius 3 is 1.98 bits per heavy atom. The van der Waals surface area contributed by atoms with Crippen molar-refractivity contribution in [1.82, 2.24) is 0 Å². The lowest BCUT2D eigenvalue weighted by Crippen LogP contribution is -3.00. The molecule has 9 heteroatoms. The van der Waals surface area contributed by atoms with Crippen molar-refractivity contribution in [3.63, 3.8) is 0 Å². The summed E-state index contributed by atoms with van der Waals surface area (Å²) >= 11 is 3.81. The number of halogens is 3. The van der Waals surface area contributed by atoms with E-state index in [1.54, 1.807) is 0 Å². The molecule has 0 N–H and O–H groups in total. The van der Waals surface area contributed by atoms with E-state index in [9.17, 15) is 0 Å². The molecule has 2 aromatic carbocycles. The number of aromatic nitrogens is 1. The minimum Gasteiger partial charge on any atom is -1.00 e. The van der Waals surface area contributed by atoms with Crippen LogP contribution < -0.4 is 60.4 Å². The van der Waals surface area contributed by atoms with Crippen LogP contribution >= 0.6 is 23.1 Å². The summed E-state index contributed by atoms with van der Waals surface area (Å²) in [5.41, 5.74) is 3.99. The third-order valence-electron chi connectivity index (χ3n) is 10.3. The molecule has 0 fully saturated rings. The van der Waals surface area contributed by atoms with Crippen molar-refractivity contribution in [2.75, 3.05) is 63.8 Å². The predicted octanol–water partition coefficient (Wildman–Crippen LogP) is 0.147. The van der Waals surface area contributed by atoms with Gasteiger partial charge in [-0.15, -0.1) is 0 Å². The van der Waals surface area contributed by atoms with Crippen molar-refractivity contribution in [3.05, 3.63) is 82.4 Å². The van der Waals surface area contributed by atoms with Crippen molar-refractivity contribution in [3.8, 4) is 0 Å². The van der Waals surface area contributed by atoms with Crippen LogP contribution in [0, 0.1) is 0 Å². The second-order valence-corrected chi connectivity index (χ2v) is 14.4. The van der Waals surface area contributed by atoms with Crippen LogP contribution in [0.1, 0.15) is 66.3 Å². The number of aryl methyl sites for hydroxylation is 1. The van der Waals surface area contributed by atoms with E-state index in [2.05, 4.69) is 131 Å². The number of allylic oxidation sites excluding steroid dienone is 4. The molecule has 262 valence electrons. The van der Waals surface area contributed by atoms with Gasteiger partial charge in [0.25, 0.3) is 5.01 Å². The fourth-order valence-corrected chi connectivity index (χ4v) is 8.88. The number of nitrogens with zero attached hydrogens (tertiary/aromatic N) is 4. The van der Waals surface area contributed by atoms with Gasteiger partial charge in [0.15, 0.2) is 6.54 Å². The van der Waals surface area contributed by atoms with E-state index in [4.69, 9.17) is 0 Å². The summed E-state index contributed by atoms with van der Waals surface area (Å²) in [4.78, 5) is 3.91. The lowest BCUT2D eigenvalue weighted by molar-refractivity contribution is -0.925. The van der Waals surface area contributed by atoms with Crippen LogP contribution in [0.4, 0.5) is 5.69 Å². The Labute approximate surface area is 326 Å². The molecular weight excluding hydrogens is 816 g/mol. The van der Waals surface area contributed by atoms with Gasteiger partial charge in [-0.05, 0) is 72.7 Å². The van der Waals surface area contributed by atoms with Crippen LogP contribution in [-0.2, 0) is 6.54 Å². The van der Waals surface area contributed by atoms with E-state index in [-0.39, 0.29) is 50.9 Å². The molecular formula is C38H57Br3N4S2. The molecule has 0 saturated carbocycles. The number of hydrogen-bond acceptors (Lipinski definition) is 3. The molecule has 0 bridgehead atoms. The van der Waals surface area contributed by atoms with Crippen LogP contribution in [0.25, 0.3) is 16.3 Å². The van der Waals surface area contributed by atoms with Crippen LogP contribution in [-0.4, -0.2) is 67.9 Å². The number of fused-ring (bicyclic) bond motifs is 2. The smallest absolute Gasteiger partial charge is 0.262 e. The van der Waals surface area contributed by atoms with Gasteiger partial charge >= 0.3 is 0 Å². The van der Waals surface area contributed by atoms with Crippen molar-refractivity contribution < 1.29 is 64.5 Å². The fourth-order valence-electron chi connectivity index (χ4n) is 6.69. The third-order valence-corrected chi connectivity index (χ3v) is 12.6. The van der Waals surface area contributed by atoms with Crippen molar-refractivity contribution >= 4 is 45.1 Å². The van der Waals surface area contributed by atoms with Crippen molar-refractivity contribution in [2.45, 2.75) is 72.7 Å². The predicted molar refractivity (Wildman–Crippen MR) is 195 cm³/mol. The summed E-state index contributed by atoms with van der Waals surface area (Å²) in [7, 11) is 0. The summed E-state index contributed by atoms with van der Waals surface area (Å²) in [5.74, 6) is 0. The zero-order chi connectivity index (χ0) is 31.6. The summed E-state index contributed by atoms with van der Waals surface area (Å²) in [6, 6.07) is 17.8. The number of benzene rings is 2. The quantitative estimate of drug-likeness (QED) is 0.109. The maximum atomic E-state index is 2.55. The molecule has 0 atom stereocenters. The molecule has 0 saturated heterocycles. The lowest BCUT2D eigenvalue weighted by Gasteiger charge is -2.36. The first-order valence-corrected chi connectivity index (χ1v) is 18.7. The highest BCUT2D eigenvalue weighted by molar-refractivity contribution is 8.03. The topological polar surface area (TPSA) is 7.12 Å². The second kappa shape index (κ2) is 21.3. The molecule has 0 spiro atoms. The number of para-hydroxylation sites is 2. The van der Waals surface area contributed by atoms with Gasteiger partial charge in [-0.25, -0.2) is 0 Å². The SMILES string of the molecule is CC[N+](CC)(CC)CCCN1/C(=C/C=C(\C)C=Cc2sc3ccccc3[n+]2CCC[N+](CC)(CC)CC)Sc2ccccc21.[Br-].[Br-].[Br-]. The van der Waals surface area contributed by atoms with Crippen molar-refractivity contribution in [1.29, 1.82) is 0 Å². The van der Waals surface area contributed by atoms with E-state index in [0.29, 0.717) is 0 Å². The number of thioether (sulfide) groups is 1. The molecule has 0 aliphatic carbocycles. The minimum atomic E-state index is 0. The van der Waals surface area contributed by atoms with Gasteiger partial charge in [-0.1, -0.05) is 65.1 Å². The molecule has 3 aromatic rings. The molecule has 2 heterocycles. The molecule has 1 aromatic heterocycles. The molecule has 1 aliphatic heterocycles. The first kappa shape index (κ1) is 44.1. The van der Waals surface area contributed by atoms with Gasteiger partial charge in [0.1, 0.15) is 4.70 Å². The Balaban J connectivity index is 0.00000368. The average molecular weight is 874 g/mol. The maximum absolute atomic E-state index is 2.55. The highest BCUT2D eigenvalue weighted by Crippen LogP contribution is 2.45. The fraction of sp³-hybridized carbons (Fsp3) is 0.500.